The molecule has 0 spiro atoms. The second-order valence-corrected chi connectivity index (χ2v) is 4.93. The van der Waals surface area contributed by atoms with Crippen LogP contribution in [-0.4, -0.2) is 41.1 Å². The van der Waals surface area contributed by atoms with Crippen molar-refractivity contribution < 1.29 is 19.4 Å². The van der Waals surface area contributed by atoms with Crippen LogP contribution in [-0.2, 0) is 9.59 Å². The lowest BCUT2D eigenvalue weighted by molar-refractivity contribution is -0.155. The second kappa shape index (κ2) is 5.48. The number of carbonyl (C=O) groups excluding carboxylic acids is 1. The highest BCUT2D eigenvalue weighted by atomic mass is 35.5. The van der Waals surface area contributed by atoms with E-state index in [0.29, 0.717) is 10.8 Å². The van der Waals surface area contributed by atoms with Crippen LogP contribution in [0.5, 0.6) is 5.75 Å². The summed E-state index contributed by atoms with van der Waals surface area (Å²) in [5.41, 5.74) is 0. The van der Waals surface area contributed by atoms with Crippen LogP contribution in [0, 0.1) is 5.92 Å². The Balaban J connectivity index is 1.89. The lowest BCUT2D eigenvalue weighted by Crippen LogP contribution is -2.56. The SMILES string of the molecule is CC(Oc1cccc(Cl)c1)C(=O)N1CC(C(=O)O)C1. The van der Waals surface area contributed by atoms with Gasteiger partial charge >= 0.3 is 5.97 Å². The minimum absolute atomic E-state index is 0.211. The van der Waals surface area contributed by atoms with Crippen molar-refractivity contribution in [2.75, 3.05) is 13.1 Å². The van der Waals surface area contributed by atoms with Gasteiger partial charge in [-0.2, -0.15) is 0 Å². The van der Waals surface area contributed by atoms with E-state index >= 15 is 0 Å². The molecule has 1 aromatic carbocycles. The number of benzene rings is 1. The average molecular weight is 284 g/mol. The summed E-state index contributed by atoms with van der Waals surface area (Å²) in [4.78, 5) is 24.1. The summed E-state index contributed by atoms with van der Waals surface area (Å²) in [5.74, 6) is -1.02. The Bertz CT molecular complexity index is 499. The Morgan fingerprint density at radius 3 is 2.74 bits per heavy atom. The zero-order valence-electron chi connectivity index (χ0n) is 10.4. The number of halogens is 1. The van der Waals surface area contributed by atoms with E-state index in [4.69, 9.17) is 21.4 Å². The summed E-state index contributed by atoms with van der Waals surface area (Å²) >= 11 is 5.82. The van der Waals surface area contributed by atoms with Crippen LogP contribution < -0.4 is 4.74 Å². The molecule has 0 saturated carbocycles. The van der Waals surface area contributed by atoms with Gasteiger partial charge in [0.15, 0.2) is 6.10 Å². The van der Waals surface area contributed by atoms with Crippen molar-refractivity contribution in [2.45, 2.75) is 13.0 Å². The highest BCUT2D eigenvalue weighted by Gasteiger charge is 2.37. The number of rotatable bonds is 4. The quantitative estimate of drug-likeness (QED) is 0.912. The highest BCUT2D eigenvalue weighted by molar-refractivity contribution is 6.30. The van der Waals surface area contributed by atoms with Crippen LogP contribution in [0.2, 0.25) is 5.02 Å². The zero-order chi connectivity index (χ0) is 14.0. The molecular formula is C13H14ClNO4. The van der Waals surface area contributed by atoms with Gasteiger partial charge < -0.3 is 14.7 Å². The number of carboxylic acids is 1. The molecule has 5 nitrogen and oxygen atoms in total. The predicted octanol–water partition coefficient (Wildman–Crippen LogP) is 1.65. The Labute approximate surface area is 115 Å². The molecule has 1 unspecified atom stereocenters. The second-order valence-electron chi connectivity index (χ2n) is 4.50. The maximum absolute atomic E-state index is 12.0. The summed E-state index contributed by atoms with van der Waals surface area (Å²) in [7, 11) is 0. The molecule has 1 aromatic rings. The molecule has 0 aromatic heterocycles. The summed E-state index contributed by atoms with van der Waals surface area (Å²) in [6, 6.07) is 6.79. The van der Waals surface area contributed by atoms with E-state index in [9.17, 15) is 9.59 Å². The van der Waals surface area contributed by atoms with Crippen molar-refractivity contribution in [3.63, 3.8) is 0 Å². The van der Waals surface area contributed by atoms with E-state index in [1.165, 1.54) is 4.90 Å². The minimum Gasteiger partial charge on any atom is -0.481 e. The third kappa shape index (κ3) is 3.17. The van der Waals surface area contributed by atoms with E-state index in [-0.39, 0.29) is 19.0 Å². The minimum atomic E-state index is -0.868. The van der Waals surface area contributed by atoms with Crippen molar-refractivity contribution in [3.8, 4) is 5.75 Å². The maximum Gasteiger partial charge on any atom is 0.310 e. The fourth-order valence-electron chi connectivity index (χ4n) is 1.87. The molecule has 0 radical (unpaired) electrons. The number of hydrogen-bond acceptors (Lipinski definition) is 3. The van der Waals surface area contributed by atoms with Crippen molar-refractivity contribution in [1.29, 1.82) is 0 Å². The molecule has 1 atom stereocenters. The van der Waals surface area contributed by atoms with Crippen molar-refractivity contribution in [1.82, 2.24) is 4.90 Å². The molecule has 1 aliphatic rings. The number of ether oxygens (including phenoxy) is 1. The van der Waals surface area contributed by atoms with E-state index in [1.807, 2.05) is 0 Å². The van der Waals surface area contributed by atoms with Crippen molar-refractivity contribution in [2.24, 2.45) is 5.92 Å². The normalized spacial score (nSPS) is 16.6. The summed E-state index contributed by atoms with van der Waals surface area (Å²) in [6.45, 7) is 2.13. The fraction of sp³-hybridized carbons (Fsp3) is 0.385. The number of hydrogen-bond donors (Lipinski definition) is 1. The van der Waals surface area contributed by atoms with Gasteiger partial charge in [-0.3, -0.25) is 9.59 Å². The number of amides is 1. The van der Waals surface area contributed by atoms with E-state index < -0.39 is 18.0 Å². The number of likely N-dealkylation sites (tertiary alicyclic amines) is 1. The maximum atomic E-state index is 12.0. The standard InChI is InChI=1S/C13H14ClNO4/c1-8(19-11-4-2-3-10(14)5-11)12(16)15-6-9(7-15)13(17)18/h2-5,8-9H,6-7H2,1H3,(H,17,18). The highest BCUT2D eigenvalue weighted by Crippen LogP contribution is 2.21. The van der Waals surface area contributed by atoms with Gasteiger partial charge in [-0.05, 0) is 25.1 Å². The van der Waals surface area contributed by atoms with Crippen molar-refractivity contribution >= 4 is 23.5 Å². The first-order valence-electron chi connectivity index (χ1n) is 5.91. The third-order valence-electron chi connectivity index (χ3n) is 3.00. The molecule has 102 valence electrons. The van der Waals surface area contributed by atoms with Gasteiger partial charge in [-0.15, -0.1) is 0 Å². The molecule has 1 saturated heterocycles. The molecule has 1 aliphatic heterocycles. The molecule has 19 heavy (non-hydrogen) atoms. The Kier molecular flexibility index (Phi) is 3.95. The Hall–Kier alpha value is -1.75. The molecule has 0 bridgehead atoms. The number of carboxylic acid groups (broad SMARTS) is 1. The molecule has 1 heterocycles. The predicted molar refractivity (Wildman–Crippen MR) is 69.2 cm³/mol. The van der Waals surface area contributed by atoms with Gasteiger partial charge in [-0.1, -0.05) is 17.7 Å². The Morgan fingerprint density at radius 1 is 1.47 bits per heavy atom. The van der Waals surface area contributed by atoms with Crippen LogP contribution >= 0.6 is 11.6 Å². The molecule has 1 fully saturated rings. The number of carbonyl (C=O) groups is 2. The van der Waals surface area contributed by atoms with Crippen LogP contribution in [0.25, 0.3) is 0 Å². The molecule has 1 amide bonds. The largest absolute Gasteiger partial charge is 0.481 e. The van der Waals surface area contributed by atoms with Crippen LogP contribution in [0.3, 0.4) is 0 Å². The summed E-state index contributed by atoms with van der Waals surface area (Å²) < 4.78 is 5.49. The summed E-state index contributed by atoms with van der Waals surface area (Å²) in [6.07, 6.45) is -0.659. The van der Waals surface area contributed by atoms with Gasteiger partial charge in [0, 0.05) is 18.1 Å². The number of nitrogens with zero attached hydrogens (tertiary/aromatic N) is 1. The monoisotopic (exact) mass is 283 g/mol. The van der Waals surface area contributed by atoms with Gasteiger partial charge in [0.05, 0.1) is 5.92 Å². The molecule has 6 heteroatoms. The smallest absolute Gasteiger partial charge is 0.310 e. The third-order valence-corrected chi connectivity index (χ3v) is 3.23. The van der Waals surface area contributed by atoms with E-state index in [1.54, 1.807) is 31.2 Å². The van der Waals surface area contributed by atoms with Gasteiger partial charge in [-0.25, -0.2) is 0 Å². The van der Waals surface area contributed by atoms with E-state index in [0.717, 1.165) is 0 Å². The molecule has 2 rings (SSSR count). The Morgan fingerprint density at radius 2 is 2.16 bits per heavy atom. The first-order chi connectivity index (χ1) is 8.97. The van der Waals surface area contributed by atoms with Crippen molar-refractivity contribution in [3.05, 3.63) is 29.3 Å². The topological polar surface area (TPSA) is 66.8 Å². The fourth-order valence-corrected chi connectivity index (χ4v) is 2.05. The van der Waals surface area contributed by atoms with Crippen LogP contribution in [0.15, 0.2) is 24.3 Å². The first kappa shape index (κ1) is 13.7. The van der Waals surface area contributed by atoms with Gasteiger partial charge in [0.1, 0.15) is 5.75 Å². The summed E-state index contributed by atoms with van der Waals surface area (Å²) in [5, 5.41) is 9.29. The lowest BCUT2D eigenvalue weighted by Gasteiger charge is -2.38. The molecular weight excluding hydrogens is 270 g/mol. The lowest BCUT2D eigenvalue weighted by atomic mass is 10.00. The average Bonchev–Trinajstić information content (AvgIpc) is 2.26. The molecule has 0 aliphatic carbocycles. The van der Waals surface area contributed by atoms with Gasteiger partial charge in [0.2, 0.25) is 0 Å². The van der Waals surface area contributed by atoms with Crippen LogP contribution in [0.1, 0.15) is 6.92 Å². The van der Waals surface area contributed by atoms with Crippen LogP contribution in [0.4, 0.5) is 0 Å². The first-order valence-corrected chi connectivity index (χ1v) is 6.29. The molecule has 1 N–H and O–H groups in total. The van der Waals surface area contributed by atoms with Gasteiger partial charge in [0.25, 0.3) is 5.91 Å². The zero-order valence-corrected chi connectivity index (χ0v) is 11.1. The number of aliphatic carboxylic acids is 1. The van der Waals surface area contributed by atoms with E-state index in [2.05, 4.69) is 0 Å².